The van der Waals surface area contributed by atoms with Gasteiger partial charge in [0, 0.05) is 6.04 Å². The van der Waals surface area contributed by atoms with Crippen molar-refractivity contribution < 1.29 is 4.74 Å². The SMILES string of the molecule is Cc1ccccc1OC[C@@H]1CCCN1. The molecule has 2 heteroatoms. The van der Waals surface area contributed by atoms with E-state index in [-0.39, 0.29) is 0 Å². The molecule has 14 heavy (non-hydrogen) atoms. The first-order valence-corrected chi connectivity index (χ1v) is 5.28. The third-order valence-electron chi connectivity index (χ3n) is 2.70. The highest BCUT2D eigenvalue weighted by atomic mass is 16.5. The van der Waals surface area contributed by atoms with Crippen LogP contribution in [0, 0.1) is 6.92 Å². The van der Waals surface area contributed by atoms with E-state index in [0.717, 1.165) is 18.9 Å². The summed E-state index contributed by atoms with van der Waals surface area (Å²) in [6, 6.07) is 8.72. The number of benzene rings is 1. The number of para-hydroxylation sites is 1. The highest BCUT2D eigenvalue weighted by molar-refractivity contribution is 5.31. The Kier molecular flexibility index (Phi) is 3.04. The van der Waals surface area contributed by atoms with Crippen LogP contribution in [0.4, 0.5) is 0 Å². The maximum atomic E-state index is 5.76. The molecule has 0 spiro atoms. The Bertz CT molecular complexity index is 292. The van der Waals surface area contributed by atoms with Crippen molar-refractivity contribution in [2.45, 2.75) is 25.8 Å². The fourth-order valence-corrected chi connectivity index (χ4v) is 1.81. The first-order chi connectivity index (χ1) is 6.86. The van der Waals surface area contributed by atoms with E-state index in [1.54, 1.807) is 0 Å². The summed E-state index contributed by atoms with van der Waals surface area (Å²) in [5.41, 5.74) is 1.21. The van der Waals surface area contributed by atoms with Gasteiger partial charge in [0.15, 0.2) is 0 Å². The molecule has 0 aliphatic carbocycles. The van der Waals surface area contributed by atoms with Crippen molar-refractivity contribution >= 4 is 0 Å². The minimum absolute atomic E-state index is 0.551. The van der Waals surface area contributed by atoms with E-state index in [1.165, 1.54) is 18.4 Å². The van der Waals surface area contributed by atoms with E-state index < -0.39 is 0 Å². The van der Waals surface area contributed by atoms with Gasteiger partial charge in [-0.3, -0.25) is 0 Å². The number of ether oxygens (including phenoxy) is 1. The molecule has 0 radical (unpaired) electrons. The third-order valence-corrected chi connectivity index (χ3v) is 2.70. The highest BCUT2D eigenvalue weighted by Gasteiger charge is 2.14. The molecule has 0 saturated carbocycles. The van der Waals surface area contributed by atoms with E-state index in [2.05, 4.69) is 18.3 Å². The van der Waals surface area contributed by atoms with E-state index in [1.807, 2.05) is 18.2 Å². The maximum Gasteiger partial charge on any atom is 0.122 e. The average molecular weight is 191 g/mol. The molecule has 76 valence electrons. The Balaban J connectivity index is 1.88. The molecule has 1 heterocycles. The van der Waals surface area contributed by atoms with Gasteiger partial charge in [0.05, 0.1) is 0 Å². The van der Waals surface area contributed by atoms with Crippen LogP contribution in [0.3, 0.4) is 0 Å². The van der Waals surface area contributed by atoms with Crippen LogP contribution in [0.5, 0.6) is 5.75 Å². The van der Waals surface area contributed by atoms with Gasteiger partial charge in [-0.1, -0.05) is 18.2 Å². The van der Waals surface area contributed by atoms with Crippen LogP contribution >= 0.6 is 0 Å². The Morgan fingerprint density at radius 1 is 1.43 bits per heavy atom. The fraction of sp³-hybridized carbons (Fsp3) is 0.500. The first-order valence-electron chi connectivity index (χ1n) is 5.28. The lowest BCUT2D eigenvalue weighted by Crippen LogP contribution is -2.28. The smallest absolute Gasteiger partial charge is 0.122 e. The zero-order chi connectivity index (χ0) is 9.80. The number of hydrogen-bond acceptors (Lipinski definition) is 2. The lowest BCUT2D eigenvalue weighted by molar-refractivity contribution is 0.275. The topological polar surface area (TPSA) is 21.3 Å². The lowest BCUT2D eigenvalue weighted by atomic mass is 10.2. The number of aryl methyl sites for hydroxylation is 1. The standard InChI is InChI=1S/C12H17NO/c1-10-5-2-3-7-12(10)14-9-11-6-4-8-13-11/h2-3,5,7,11,13H,4,6,8-9H2,1H3/t11-/m0/s1. The predicted molar refractivity (Wildman–Crippen MR) is 57.7 cm³/mol. The van der Waals surface area contributed by atoms with E-state index >= 15 is 0 Å². The summed E-state index contributed by atoms with van der Waals surface area (Å²) in [6.45, 7) is 4.02. The van der Waals surface area contributed by atoms with Crippen LogP contribution in [-0.4, -0.2) is 19.2 Å². The molecule has 0 aromatic heterocycles. The molecular weight excluding hydrogens is 174 g/mol. The number of rotatable bonds is 3. The van der Waals surface area contributed by atoms with E-state index in [9.17, 15) is 0 Å². The van der Waals surface area contributed by atoms with Crippen molar-refractivity contribution in [2.24, 2.45) is 0 Å². The third kappa shape index (κ3) is 2.26. The monoisotopic (exact) mass is 191 g/mol. The molecule has 1 aromatic carbocycles. The van der Waals surface area contributed by atoms with Gasteiger partial charge in [0.1, 0.15) is 12.4 Å². The Morgan fingerprint density at radius 2 is 2.29 bits per heavy atom. The van der Waals surface area contributed by atoms with Gasteiger partial charge in [-0.25, -0.2) is 0 Å². The molecule has 2 rings (SSSR count). The quantitative estimate of drug-likeness (QED) is 0.790. The summed E-state index contributed by atoms with van der Waals surface area (Å²) in [7, 11) is 0. The average Bonchev–Trinajstić information content (AvgIpc) is 2.69. The van der Waals surface area contributed by atoms with Gasteiger partial charge in [-0.05, 0) is 37.9 Å². The Morgan fingerprint density at radius 3 is 3.00 bits per heavy atom. The summed E-state index contributed by atoms with van der Waals surface area (Å²) in [6.07, 6.45) is 2.52. The van der Waals surface area contributed by atoms with Crippen LogP contribution in [-0.2, 0) is 0 Å². The second kappa shape index (κ2) is 4.47. The maximum absolute atomic E-state index is 5.76. The van der Waals surface area contributed by atoms with Crippen LogP contribution in [0.1, 0.15) is 18.4 Å². The van der Waals surface area contributed by atoms with Crippen molar-refractivity contribution in [3.8, 4) is 5.75 Å². The van der Waals surface area contributed by atoms with Crippen LogP contribution in [0.2, 0.25) is 0 Å². The predicted octanol–water partition coefficient (Wildman–Crippen LogP) is 2.13. The molecule has 1 fully saturated rings. The second-order valence-corrected chi connectivity index (χ2v) is 3.87. The molecular formula is C12H17NO. The molecule has 1 aliphatic heterocycles. The van der Waals surface area contributed by atoms with Crippen molar-refractivity contribution in [2.75, 3.05) is 13.2 Å². The zero-order valence-corrected chi connectivity index (χ0v) is 8.62. The van der Waals surface area contributed by atoms with Gasteiger partial charge >= 0.3 is 0 Å². The zero-order valence-electron chi connectivity index (χ0n) is 8.62. The minimum Gasteiger partial charge on any atom is -0.492 e. The van der Waals surface area contributed by atoms with Crippen molar-refractivity contribution in [1.29, 1.82) is 0 Å². The lowest BCUT2D eigenvalue weighted by Gasteiger charge is -2.13. The highest BCUT2D eigenvalue weighted by Crippen LogP contribution is 2.17. The van der Waals surface area contributed by atoms with E-state index in [4.69, 9.17) is 4.74 Å². The second-order valence-electron chi connectivity index (χ2n) is 3.87. The first kappa shape index (κ1) is 9.53. The van der Waals surface area contributed by atoms with E-state index in [0.29, 0.717) is 6.04 Å². The molecule has 1 N–H and O–H groups in total. The minimum atomic E-state index is 0.551. The Hall–Kier alpha value is -1.02. The molecule has 2 nitrogen and oxygen atoms in total. The van der Waals surface area contributed by atoms with Crippen LogP contribution in [0.15, 0.2) is 24.3 Å². The normalized spacial score (nSPS) is 21.1. The molecule has 1 aliphatic rings. The molecule has 1 aromatic rings. The van der Waals surface area contributed by atoms with Gasteiger partial charge in [0.25, 0.3) is 0 Å². The molecule has 1 atom stereocenters. The summed E-state index contributed by atoms with van der Waals surface area (Å²) >= 11 is 0. The van der Waals surface area contributed by atoms with Crippen LogP contribution in [0.25, 0.3) is 0 Å². The molecule has 0 amide bonds. The van der Waals surface area contributed by atoms with Gasteiger partial charge in [0.2, 0.25) is 0 Å². The Labute approximate surface area is 85.3 Å². The van der Waals surface area contributed by atoms with Crippen molar-refractivity contribution in [1.82, 2.24) is 5.32 Å². The molecule has 0 unspecified atom stereocenters. The number of hydrogen-bond donors (Lipinski definition) is 1. The van der Waals surface area contributed by atoms with Crippen molar-refractivity contribution in [3.05, 3.63) is 29.8 Å². The summed E-state index contributed by atoms with van der Waals surface area (Å²) in [4.78, 5) is 0. The fourth-order valence-electron chi connectivity index (χ4n) is 1.81. The largest absolute Gasteiger partial charge is 0.492 e. The van der Waals surface area contributed by atoms with Gasteiger partial charge < -0.3 is 10.1 Å². The van der Waals surface area contributed by atoms with Gasteiger partial charge in [-0.15, -0.1) is 0 Å². The summed E-state index contributed by atoms with van der Waals surface area (Å²) in [5, 5.41) is 3.42. The van der Waals surface area contributed by atoms with Gasteiger partial charge in [-0.2, -0.15) is 0 Å². The molecule has 0 bridgehead atoms. The van der Waals surface area contributed by atoms with Crippen LogP contribution < -0.4 is 10.1 Å². The number of nitrogens with one attached hydrogen (secondary N) is 1. The molecule has 1 saturated heterocycles. The van der Waals surface area contributed by atoms with Crippen molar-refractivity contribution in [3.63, 3.8) is 0 Å². The summed E-state index contributed by atoms with van der Waals surface area (Å²) in [5.74, 6) is 1.02. The summed E-state index contributed by atoms with van der Waals surface area (Å²) < 4.78 is 5.76.